The molecule has 4 aliphatic carbocycles. The first kappa shape index (κ1) is 45.6. The first-order valence-electron chi connectivity index (χ1n) is 20.4. The monoisotopic (exact) mass is 838 g/mol. The molecule has 0 aromatic heterocycles. The van der Waals surface area contributed by atoms with Crippen LogP contribution in [0.2, 0.25) is 0 Å². The van der Waals surface area contributed by atoms with Crippen LogP contribution in [0.1, 0.15) is 73.1 Å². The Morgan fingerprint density at radius 2 is 1.42 bits per heavy atom. The molecule has 2 saturated heterocycles. The van der Waals surface area contributed by atoms with Gasteiger partial charge in [0, 0.05) is 25.4 Å². The third-order valence-corrected chi connectivity index (χ3v) is 15.7. The maximum absolute atomic E-state index is 12.8. The molecule has 6 rings (SSSR count). The summed E-state index contributed by atoms with van der Waals surface area (Å²) in [5.41, 5.74) is -2.97. The van der Waals surface area contributed by atoms with E-state index in [1.165, 1.54) is 7.11 Å². The van der Waals surface area contributed by atoms with Crippen molar-refractivity contribution in [3.05, 3.63) is 12.2 Å². The maximum atomic E-state index is 12.8. The van der Waals surface area contributed by atoms with Crippen molar-refractivity contribution in [2.45, 2.75) is 152 Å². The van der Waals surface area contributed by atoms with Crippen LogP contribution in [0.4, 0.5) is 0 Å². The van der Waals surface area contributed by atoms with Crippen LogP contribution in [0, 0.1) is 52.3 Å². The Bertz CT molecular complexity index is 1520. The van der Waals surface area contributed by atoms with Crippen molar-refractivity contribution in [2.75, 3.05) is 26.9 Å². The van der Waals surface area contributed by atoms with Crippen molar-refractivity contribution in [2.24, 2.45) is 52.3 Å². The molecule has 0 amide bonds. The van der Waals surface area contributed by atoms with Crippen LogP contribution < -0.4 is 0 Å². The second kappa shape index (κ2) is 17.1. The molecule has 0 aromatic rings. The number of allylic oxidation sites excluding steroid dienone is 2. The lowest BCUT2D eigenvalue weighted by Crippen LogP contribution is -2.71. The number of fused-ring (bicyclic) bond motifs is 5. The van der Waals surface area contributed by atoms with Crippen LogP contribution >= 0.6 is 0 Å². The highest BCUT2D eigenvalue weighted by atomic mass is 32.3. The van der Waals surface area contributed by atoms with Crippen molar-refractivity contribution in [3.8, 4) is 0 Å². The van der Waals surface area contributed by atoms with Gasteiger partial charge in [0.15, 0.2) is 12.6 Å². The summed E-state index contributed by atoms with van der Waals surface area (Å²) in [6, 6.07) is 0. The Morgan fingerprint density at radius 1 is 0.807 bits per heavy atom. The van der Waals surface area contributed by atoms with Crippen LogP contribution in [-0.2, 0) is 38.3 Å². The minimum absolute atomic E-state index is 0.0152. The Labute approximate surface area is 335 Å². The Balaban J connectivity index is 1.12. The van der Waals surface area contributed by atoms with E-state index in [9.17, 15) is 53.8 Å². The average Bonchev–Trinajstić information content (AvgIpc) is 3.41. The molecular weight excluding hydrogens is 772 g/mol. The van der Waals surface area contributed by atoms with Gasteiger partial charge < -0.3 is 64.5 Å². The van der Waals surface area contributed by atoms with Crippen LogP contribution in [-0.4, -0.2) is 160 Å². The summed E-state index contributed by atoms with van der Waals surface area (Å²) < 4.78 is 67.7. The SMILES string of the molecule is CO[C@H]1[C@H](O[C@H]2[C@H](OC[C@@H](C)[C@H](C)/C=C/[C@@H](C)[C@H]3C[C@@H](O)[C@@H]4[C@]3(C)CC[C@@H]3[C@@]5(C)CC[C@H](O)[C@H](O)[C@@H]5[C@@H](OS(=O)(=O)O)C[C@]34O)OC[C@@H](O)[C@@H]2O)OC[C@@H](O)[C@@H]1O. The number of ether oxygens (including phenoxy) is 5. The number of aliphatic hydroxyl groups is 8. The van der Waals surface area contributed by atoms with Gasteiger partial charge in [0.25, 0.3) is 0 Å². The Morgan fingerprint density at radius 3 is 2.05 bits per heavy atom. The van der Waals surface area contributed by atoms with Crippen molar-refractivity contribution >= 4 is 10.4 Å². The van der Waals surface area contributed by atoms with Gasteiger partial charge in [0.05, 0.1) is 49.8 Å². The summed E-state index contributed by atoms with van der Waals surface area (Å²) in [5.74, 6) is -2.10. The maximum Gasteiger partial charge on any atom is 0.397 e. The van der Waals surface area contributed by atoms with Crippen LogP contribution in [0.15, 0.2) is 12.2 Å². The Kier molecular flexibility index (Phi) is 13.7. The molecule has 0 aromatic carbocycles. The zero-order chi connectivity index (χ0) is 42.0. The third kappa shape index (κ3) is 8.51. The van der Waals surface area contributed by atoms with E-state index >= 15 is 0 Å². The molecule has 2 heterocycles. The van der Waals surface area contributed by atoms with Crippen LogP contribution in [0.3, 0.4) is 0 Å². The van der Waals surface area contributed by atoms with Crippen LogP contribution in [0.5, 0.6) is 0 Å². The molecule has 0 radical (unpaired) electrons. The number of aliphatic hydroxyl groups excluding tert-OH is 7. The molecular formula is C39H66O17S. The first-order chi connectivity index (χ1) is 26.6. The van der Waals surface area contributed by atoms with Gasteiger partial charge in [-0.1, -0.05) is 46.8 Å². The topological polar surface area (TPSA) is 272 Å². The second-order valence-corrected chi connectivity index (χ2v) is 19.7. The first-order valence-corrected chi connectivity index (χ1v) is 21.8. The molecule has 0 spiro atoms. The highest BCUT2D eigenvalue weighted by molar-refractivity contribution is 7.80. The summed E-state index contributed by atoms with van der Waals surface area (Å²) >= 11 is 0. The molecule has 9 N–H and O–H groups in total. The normalized spacial score (nSPS) is 50.8. The quantitative estimate of drug-likeness (QED) is 0.0917. The van der Waals surface area contributed by atoms with Crippen molar-refractivity contribution in [1.82, 2.24) is 0 Å². The summed E-state index contributed by atoms with van der Waals surface area (Å²) in [4.78, 5) is 0. The van der Waals surface area contributed by atoms with Gasteiger partial charge in [-0.25, -0.2) is 4.18 Å². The highest BCUT2D eigenvalue weighted by Gasteiger charge is 2.72. The Hall–Kier alpha value is -0.910. The van der Waals surface area contributed by atoms with Crippen molar-refractivity contribution in [1.29, 1.82) is 0 Å². The number of hydrogen-bond donors (Lipinski definition) is 9. The molecule has 6 aliphatic rings. The smallest absolute Gasteiger partial charge is 0.393 e. The lowest BCUT2D eigenvalue weighted by atomic mass is 9.41. The minimum atomic E-state index is -4.98. The van der Waals surface area contributed by atoms with E-state index in [4.69, 9.17) is 27.9 Å². The van der Waals surface area contributed by atoms with E-state index in [1.807, 2.05) is 20.8 Å². The molecule has 0 unspecified atom stereocenters. The van der Waals surface area contributed by atoms with Gasteiger partial charge in [0.1, 0.15) is 36.6 Å². The molecule has 330 valence electrons. The van der Waals surface area contributed by atoms with Crippen LogP contribution in [0.25, 0.3) is 0 Å². The molecule has 57 heavy (non-hydrogen) atoms. The molecule has 18 heteroatoms. The summed E-state index contributed by atoms with van der Waals surface area (Å²) in [6.07, 6.45) is -8.10. The summed E-state index contributed by atoms with van der Waals surface area (Å²) in [5, 5.41) is 87.8. The fourth-order valence-corrected chi connectivity index (χ4v) is 12.6. The van der Waals surface area contributed by atoms with Crippen molar-refractivity contribution in [3.63, 3.8) is 0 Å². The van der Waals surface area contributed by atoms with Gasteiger partial charge in [-0.3, -0.25) is 4.55 Å². The van der Waals surface area contributed by atoms with E-state index < -0.39 is 118 Å². The zero-order valence-electron chi connectivity index (χ0n) is 33.7. The van der Waals surface area contributed by atoms with E-state index in [1.54, 1.807) is 0 Å². The van der Waals surface area contributed by atoms with Gasteiger partial charge in [-0.05, 0) is 72.5 Å². The molecule has 0 bridgehead atoms. The van der Waals surface area contributed by atoms with Gasteiger partial charge in [0.2, 0.25) is 0 Å². The molecule has 22 atom stereocenters. The summed E-state index contributed by atoms with van der Waals surface area (Å²) in [7, 11) is -3.66. The molecule has 4 saturated carbocycles. The number of rotatable bonds is 12. The van der Waals surface area contributed by atoms with E-state index in [0.717, 1.165) is 0 Å². The standard InChI is InChI=1S/C39H66O17S/c1-18(20(3)15-52-35-33(31(46)25(43)16-53-35)55-36-32(51-6)30(45)24(42)17-54-36)7-8-19(2)21-13-23(41)34-37(21,4)12-10-27-38(5)11-9-22(40)29(44)28(38)26(14-39(27,34)47)56-57(48,49)50/h7-8,18-36,40-47H,9-17H2,1-6H3,(H,48,49,50)/b8-7+/t18-,19-,20-,21-,22+,23-,24-,25-,26+,27-,28+,29+,30+,31+,32-,33-,34-,35-,36+,37-,38-,39+/m1/s1. The van der Waals surface area contributed by atoms with E-state index in [0.29, 0.717) is 25.7 Å². The molecule has 6 fully saturated rings. The minimum Gasteiger partial charge on any atom is -0.393 e. The van der Waals surface area contributed by atoms with E-state index in [-0.39, 0.29) is 56.3 Å². The number of hydrogen-bond acceptors (Lipinski definition) is 16. The van der Waals surface area contributed by atoms with Crippen molar-refractivity contribution < 1.29 is 81.7 Å². The molecule has 17 nitrogen and oxygen atoms in total. The zero-order valence-corrected chi connectivity index (χ0v) is 34.5. The second-order valence-electron chi connectivity index (χ2n) is 18.6. The highest BCUT2D eigenvalue weighted by Crippen LogP contribution is 2.70. The summed E-state index contributed by atoms with van der Waals surface area (Å²) in [6.45, 7) is 9.82. The average molecular weight is 839 g/mol. The van der Waals surface area contributed by atoms with Gasteiger partial charge in [-0.15, -0.1) is 0 Å². The third-order valence-electron chi connectivity index (χ3n) is 15.2. The fourth-order valence-electron chi connectivity index (χ4n) is 12.1. The largest absolute Gasteiger partial charge is 0.397 e. The van der Waals surface area contributed by atoms with E-state index in [2.05, 4.69) is 26.0 Å². The fraction of sp³-hybridized carbons (Fsp3) is 0.949. The lowest BCUT2D eigenvalue weighted by molar-refractivity contribution is -0.346. The molecule has 2 aliphatic heterocycles. The number of methoxy groups -OCH3 is 1. The van der Waals surface area contributed by atoms with Gasteiger partial charge in [-0.2, -0.15) is 8.42 Å². The predicted octanol–water partition coefficient (Wildman–Crippen LogP) is -0.102. The predicted molar refractivity (Wildman–Crippen MR) is 199 cm³/mol. The van der Waals surface area contributed by atoms with Gasteiger partial charge >= 0.3 is 10.4 Å². The lowest BCUT2D eigenvalue weighted by Gasteiger charge is -2.66.